The van der Waals surface area contributed by atoms with Gasteiger partial charge in [0, 0.05) is 21.9 Å². The van der Waals surface area contributed by atoms with E-state index in [0.29, 0.717) is 11.1 Å². The van der Waals surface area contributed by atoms with Crippen molar-refractivity contribution >= 4 is 23.4 Å². The lowest BCUT2D eigenvalue weighted by Gasteiger charge is -2.30. The highest BCUT2D eigenvalue weighted by Crippen LogP contribution is 2.26. The maximum absolute atomic E-state index is 6.31. The van der Waals surface area contributed by atoms with Gasteiger partial charge in [-0.1, -0.05) is 59.8 Å². The lowest BCUT2D eigenvalue weighted by Crippen LogP contribution is -3.13. The van der Waals surface area contributed by atoms with E-state index < -0.39 is 0 Å². The molecule has 28 heavy (non-hydrogen) atoms. The number of halogens is 1. The van der Waals surface area contributed by atoms with E-state index in [1.165, 1.54) is 10.5 Å². The van der Waals surface area contributed by atoms with Gasteiger partial charge in [-0.25, -0.2) is 0 Å². The second-order valence-corrected chi connectivity index (χ2v) is 8.34. The molecule has 1 N–H and O–H groups in total. The van der Waals surface area contributed by atoms with Crippen LogP contribution in [-0.4, -0.2) is 41.8 Å². The number of rotatable bonds is 6. The molecule has 0 bridgehead atoms. The smallest absolute Gasteiger partial charge is 0.276 e. The van der Waals surface area contributed by atoms with Crippen LogP contribution < -0.4 is 4.90 Å². The van der Waals surface area contributed by atoms with Gasteiger partial charge < -0.3 is 14.1 Å². The van der Waals surface area contributed by atoms with Gasteiger partial charge in [0.1, 0.15) is 25.7 Å². The van der Waals surface area contributed by atoms with Crippen molar-refractivity contribution < 1.29 is 14.1 Å². The summed E-state index contributed by atoms with van der Waals surface area (Å²) < 4.78 is 11.8. The summed E-state index contributed by atoms with van der Waals surface area (Å²) in [7, 11) is 0. The van der Waals surface area contributed by atoms with E-state index in [1.807, 2.05) is 49.4 Å². The summed E-state index contributed by atoms with van der Waals surface area (Å²) in [6, 6.07) is 16.1. The highest BCUT2D eigenvalue weighted by Gasteiger charge is 2.25. The Morgan fingerprint density at radius 2 is 1.96 bits per heavy atom. The van der Waals surface area contributed by atoms with Crippen LogP contribution in [0.25, 0.3) is 11.5 Å². The second-order valence-electron chi connectivity index (χ2n) is 6.96. The molecule has 2 aromatic carbocycles. The van der Waals surface area contributed by atoms with E-state index in [0.717, 1.165) is 48.1 Å². The summed E-state index contributed by atoms with van der Waals surface area (Å²) in [5.74, 6) is 1.36. The van der Waals surface area contributed by atoms with Crippen LogP contribution in [0.2, 0.25) is 5.02 Å². The van der Waals surface area contributed by atoms with Gasteiger partial charge in [0.05, 0.1) is 6.61 Å². The lowest BCUT2D eigenvalue weighted by molar-refractivity contribution is -0.924. The molecule has 2 heterocycles. The molecule has 1 aliphatic rings. The van der Waals surface area contributed by atoms with Crippen molar-refractivity contribution in [3.63, 3.8) is 0 Å². The van der Waals surface area contributed by atoms with Crippen LogP contribution in [0.5, 0.6) is 0 Å². The van der Waals surface area contributed by atoms with Gasteiger partial charge in [-0.15, -0.1) is 10.2 Å². The molecule has 146 valence electrons. The van der Waals surface area contributed by atoms with Gasteiger partial charge >= 0.3 is 0 Å². The van der Waals surface area contributed by atoms with Crippen LogP contribution in [0.3, 0.4) is 0 Å². The molecule has 0 saturated carbocycles. The number of quaternary nitrogens is 1. The van der Waals surface area contributed by atoms with Gasteiger partial charge in [-0.05, 0) is 24.6 Å². The van der Waals surface area contributed by atoms with Crippen LogP contribution in [0, 0.1) is 6.92 Å². The molecule has 3 aromatic rings. The molecule has 1 unspecified atom stereocenters. The third-order valence-electron chi connectivity index (χ3n) is 4.90. The first-order chi connectivity index (χ1) is 13.7. The summed E-state index contributed by atoms with van der Waals surface area (Å²) in [5, 5.41) is 9.79. The molecule has 2 atom stereocenters. The van der Waals surface area contributed by atoms with Gasteiger partial charge in [0.2, 0.25) is 5.89 Å². The predicted molar refractivity (Wildman–Crippen MR) is 111 cm³/mol. The fourth-order valence-electron chi connectivity index (χ4n) is 3.39. The zero-order chi connectivity index (χ0) is 19.3. The first kappa shape index (κ1) is 19.5. The molecule has 0 spiro atoms. The van der Waals surface area contributed by atoms with Gasteiger partial charge in [-0.3, -0.25) is 0 Å². The van der Waals surface area contributed by atoms with Crippen LogP contribution >= 0.6 is 23.4 Å². The molecular weight excluding hydrogens is 394 g/mol. The molecule has 4 rings (SSSR count). The quantitative estimate of drug-likeness (QED) is 0.625. The van der Waals surface area contributed by atoms with Crippen molar-refractivity contribution in [1.29, 1.82) is 0 Å². The van der Waals surface area contributed by atoms with Crippen molar-refractivity contribution in [1.82, 2.24) is 10.2 Å². The average molecular weight is 417 g/mol. The number of benzene rings is 2. The number of ether oxygens (including phenoxy) is 1. The van der Waals surface area contributed by atoms with Crippen molar-refractivity contribution in [3.05, 3.63) is 64.7 Å². The summed E-state index contributed by atoms with van der Waals surface area (Å²) in [6.45, 7) is 5.64. The predicted octanol–water partition coefficient (Wildman–Crippen LogP) is 3.27. The minimum absolute atomic E-state index is 0.157. The molecule has 5 nitrogen and oxygen atoms in total. The first-order valence-electron chi connectivity index (χ1n) is 9.40. The highest BCUT2D eigenvalue weighted by molar-refractivity contribution is 7.99. The Kier molecular flexibility index (Phi) is 6.32. The highest BCUT2D eigenvalue weighted by atomic mass is 35.5. The fraction of sp³-hybridized carbons (Fsp3) is 0.333. The van der Waals surface area contributed by atoms with Crippen LogP contribution in [0.1, 0.15) is 11.1 Å². The van der Waals surface area contributed by atoms with E-state index in [2.05, 4.69) is 16.3 Å². The molecule has 0 radical (unpaired) electrons. The van der Waals surface area contributed by atoms with E-state index in [-0.39, 0.29) is 6.10 Å². The molecule has 1 saturated heterocycles. The Balaban J connectivity index is 1.33. The number of aromatic nitrogens is 2. The summed E-state index contributed by atoms with van der Waals surface area (Å²) in [6.07, 6.45) is 0.157. The van der Waals surface area contributed by atoms with E-state index in [9.17, 15) is 0 Å². The molecule has 0 aliphatic carbocycles. The third kappa shape index (κ3) is 4.75. The van der Waals surface area contributed by atoms with E-state index in [4.69, 9.17) is 20.8 Å². The van der Waals surface area contributed by atoms with Crippen molar-refractivity contribution in [2.24, 2.45) is 0 Å². The maximum atomic E-state index is 6.31. The minimum atomic E-state index is 0.157. The van der Waals surface area contributed by atoms with Crippen molar-refractivity contribution in [2.75, 3.05) is 25.4 Å². The van der Waals surface area contributed by atoms with Crippen LogP contribution in [0.15, 0.2) is 58.2 Å². The van der Waals surface area contributed by atoms with Gasteiger partial charge in [0.25, 0.3) is 5.22 Å². The number of hydrogen-bond donors (Lipinski definition) is 1. The van der Waals surface area contributed by atoms with E-state index >= 15 is 0 Å². The number of thioether (sulfide) groups is 1. The zero-order valence-corrected chi connectivity index (χ0v) is 17.3. The number of aryl methyl sites for hydroxylation is 1. The van der Waals surface area contributed by atoms with Crippen LogP contribution in [-0.2, 0) is 11.3 Å². The number of nitrogens with zero attached hydrogens (tertiary/aromatic N) is 2. The second kappa shape index (κ2) is 9.09. The molecule has 7 heteroatoms. The maximum Gasteiger partial charge on any atom is 0.276 e. The molecule has 1 aliphatic heterocycles. The Bertz CT molecular complexity index is 933. The number of nitrogens with one attached hydrogen (secondary N) is 1. The molecule has 1 aromatic heterocycles. The lowest BCUT2D eigenvalue weighted by atomic mass is 10.1. The Labute approximate surface area is 174 Å². The SMILES string of the molecule is Cc1ccccc1-c1nnc(SC[C@H]2C[NH+](Cc3ccccc3Cl)CCO2)o1. The van der Waals surface area contributed by atoms with Crippen LogP contribution in [0.4, 0.5) is 0 Å². The van der Waals surface area contributed by atoms with Gasteiger partial charge in [-0.2, -0.15) is 0 Å². The zero-order valence-electron chi connectivity index (χ0n) is 15.7. The monoisotopic (exact) mass is 416 g/mol. The van der Waals surface area contributed by atoms with Crippen molar-refractivity contribution in [3.8, 4) is 11.5 Å². The van der Waals surface area contributed by atoms with Crippen molar-refractivity contribution in [2.45, 2.75) is 24.8 Å². The van der Waals surface area contributed by atoms with Gasteiger partial charge in [0.15, 0.2) is 0 Å². The molecular formula is C21H23ClN3O2S+. The standard InChI is InChI=1S/C21H22ClN3O2S/c1-15-6-2-4-8-18(15)20-23-24-21(27-20)28-14-17-13-25(10-11-26-17)12-16-7-3-5-9-19(16)22/h2-9,17H,10-14H2,1H3/p+1/t17-/m1/s1. The average Bonchev–Trinajstić information content (AvgIpc) is 3.18. The number of hydrogen-bond acceptors (Lipinski definition) is 5. The fourth-order valence-corrected chi connectivity index (χ4v) is 4.37. The summed E-state index contributed by atoms with van der Waals surface area (Å²) >= 11 is 7.86. The minimum Gasteiger partial charge on any atom is -0.411 e. The molecule has 1 fully saturated rings. The summed E-state index contributed by atoms with van der Waals surface area (Å²) in [4.78, 5) is 1.48. The molecule has 0 amide bonds. The first-order valence-corrected chi connectivity index (χ1v) is 10.8. The topological polar surface area (TPSA) is 52.6 Å². The Hall–Kier alpha value is -1.86. The normalized spacial score (nSPS) is 19.6. The van der Waals surface area contributed by atoms with E-state index in [1.54, 1.807) is 11.8 Å². The Morgan fingerprint density at radius 3 is 2.82 bits per heavy atom. The largest absolute Gasteiger partial charge is 0.411 e. The number of morpholine rings is 1. The summed E-state index contributed by atoms with van der Waals surface area (Å²) in [5.41, 5.74) is 3.29. The third-order valence-corrected chi connectivity index (χ3v) is 6.22. The Morgan fingerprint density at radius 1 is 1.14 bits per heavy atom.